The van der Waals surface area contributed by atoms with Crippen molar-refractivity contribution >= 4 is 34.1 Å². The zero-order chi connectivity index (χ0) is 36.1. The van der Waals surface area contributed by atoms with Crippen molar-refractivity contribution in [3.63, 3.8) is 0 Å². The number of fused-ring (bicyclic) bond motifs is 2. The molecule has 0 aliphatic carbocycles. The smallest absolute Gasteiger partial charge is 0.337 e. The number of carboxylic acid groups (broad SMARTS) is 1. The third-order valence-corrected chi connectivity index (χ3v) is 6.66. The average Bonchev–Trinajstić information content (AvgIpc) is 2.99. The largest absolute Gasteiger partial charge is 0.480 e. The molecule has 0 radical (unpaired) electrons. The van der Waals surface area contributed by atoms with Gasteiger partial charge in [-0.15, -0.1) is 0 Å². The number of carbonyl (C=O) groups is 2. The SMILES string of the molecule is CCc1cc(=O)oc2c1c(=O)n(CC(=O)O)c(=O)n2COC.CCc1cc(=O)oc2c1c(=O)n(CC(=O)OC(C)(C)C)c(=O)n2COC. The number of aliphatic carboxylic acids is 1. The molecule has 4 heterocycles. The third-order valence-electron chi connectivity index (χ3n) is 6.66. The minimum Gasteiger partial charge on any atom is -0.480 e. The maximum absolute atomic E-state index is 12.8. The van der Waals surface area contributed by atoms with E-state index in [2.05, 4.69) is 0 Å². The summed E-state index contributed by atoms with van der Waals surface area (Å²) in [5, 5.41) is 8.93. The van der Waals surface area contributed by atoms with Gasteiger partial charge in [0.25, 0.3) is 11.1 Å². The van der Waals surface area contributed by atoms with Gasteiger partial charge in [0, 0.05) is 26.4 Å². The van der Waals surface area contributed by atoms with Crippen molar-refractivity contribution in [1.82, 2.24) is 18.3 Å². The Bertz CT molecular complexity index is 2220. The molecular formula is C30H36N4O14. The van der Waals surface area contributed by atoms with Gasteiger partial charge in [-0.3, -0.25) is 19.2 Å². The highest BCUT2D eigenvalue weighted by Gasteiger charge is 2.23. The predicted octanol–water partition coefficient (Wildman–Crippen LogP) is -0.00830. The second-order valence-electron chi connectivity index (χ2n) is 11.3. The van der Waals surface area contributed by atoms with Crippen molar-refractivity contribution < 1.29 is 37.7 Å². The first kappa shape index (κ1) is 37.1. The van der Waals surface area contributed by atoms with E-state index < -0.39 is 64.4 Å². The van der Waals surface area contributed by atoms with Crippen LogP contribution in [0.15, 0.2) is 49.7 Å². The van der Waals surface area contributed by atoms with Crippen LogP contribution in [0, 0.1) is 0 Å². The molecule has 0 spiro atoms. The Hall–Kier alpha value is -5.36. The van der Waals surface area contributed by atoms with Crippen LogP contribution in [0.3, 0.4) is 0 Å². The van der Waals surface area contributed by atoms with E-state index in [-0.39, 0.29) is 35.7 Å². The fourth-order valence-corrected chi connectivity index (χ4v) is 4.76. The lowest BCUT2D eigenvalue weighted by molar-refractivity contribution is -0.155. The van der Waals surface area contributed by atoms with Crippen LogP contribution >= 0.6 is 0 Å². The van der Waals surface area contributed by atoms with Gasteiger partial charge in [0.2, 0.25) is 11.4 Å². The maximum atomic E-state index is 12.8. The Morgan fingerprint density at radius 3 is 1.44 bits per heavy atom. The molecule has 1 N–H and O–H groups in total. The molecule has 18 nitrogen and oxygen atoms in total. The summed E-state index contributed by atoms with van der Waals surface area (Å²) < 4.78 is 28.3. The lowest BCUT2D eigenvalue weighted by atomic mass is 10.1. The van der Waals surface area contributed by atoms with Crippen LogP contribution < -0.4 is 33.7 Å². The molecule has 0 amide bonds. The number of aryl methyl sites for hydroxylation is 2. The molecule has 0 unspecified atom stereocenters. The van der Waals surface area contributed by atoms with E-state index in [4.69, 9.17) is 28.2 Å². The number of hydrogen-bond donors (Lipinski definition) is 1. The molecule has 4 aromatic rings. The number of esters is 1. The highest BCUT2D eigenvalue weighted by Crippen LogP contribution is 2.14. The molecule has 0 saturated carbocycles. The van der Waals surface area contributed by atoms with Gasteiger partial charge in [-0.25, -0.2) is 37.4 Å². The van der Waals surface area contributed by atoms with Crippen LogP contribution in [0.4, 0.5) is 0 Å². The van der Waals surface area contributed by atoms with Gasteiger partial charge >= 0.3 is 34.6 Å². The van der Waals surface area contributed by atoms with Crippen LogP contribution in [0.25, 0.3) is 22.2 Å². The monoisotopic (exact) mass is 676 g/mol. The van der Waals surface area contributed by atoms with Gasteiger partial charge in [-0.05, 0) is 44.7 Å². The molecule has 4 aromatic heterocycles. The molecule has 0 bridgehead atoms. The molecule has 0 aliphatic heterocycles. The summed E-state index contributed by atoms with van der Waals surface area (Å²) in [6.07, 6.45) is 0.713. The van der Waals surface area contributed by atoms with Crippen molar-refractivity contribution in [2.75, 3.05) is 14.2 Å². The molecule has 48 heavy (non-hydrogen) atoms. The number of carboxylic acids is 1. The second kappa shape index (κ2) is 15.0. The first-order valence-corrected chi connectivity index (χ1v) is 14.5. The number of aromatic nitrogens is 4. The second-order valence-corrected chi connectivity index (χ2v) is 11.3. The first-order chi connectivity index (χ1) is 22.5. The van der Waals surface area contributed by atoms with Crippen LogP contribution in [-0.4, -0.2) is 55.1 Å². The summed E-state index contributed by atoms with van der Waals surface area (Å²) in [5.41, 5.74) is -5.01. The minimum atomic E-state index is -1.34. The van der Waals surface area contributed by atoms with E-state index in [0.717, 1.165) is 19.8 Å². The van der Waals surface area contributed by atoms with Gasteiger partial charge in [0.1, 0.15) is 42.9 Å². The molecule has 18 heteroatoms. The van der Waals surface area contributed by atoms with E-state index >= 15 is 0 Å². The predicted molar refractivity (Wildman–Crippen MR) is 168 cm³/mol. The number of hydrogen-bond acceptors (Lipinski definition) is 13. The minimum absolute atomic E-state index is 0.000000000000000444. The van der Waals surface area contributed by atoms with E-state index in [0.29, 0.717) is 28.5 Å². The number of nitrogens with zero attached hydrogens (tertiary/aromatic N) is 4. The van der Waals surface area contributed by atoms with Crippen LogP contribution in [0.2, 0.25) is 0 Å². The van der Waals surface area contributed by atoms with Crippen molar-refractivity contribution in [1.29, 1.82) is 0 Å². The van der Waals surface area contributed by atoms with Crippen LogP contribution in [0.5, 0.6) is 0 Å². The van der Waals surface area contributed by atoms with Gasteiger partial charge < -0.3 is 28.2 Å². The van der Waals surface area contributed by atoms with Crippen LogP contribution in [-0.2, 0) is 63.2 Å². The average molecular weight is 677 g/mol. The van der Waals surface area contributed by atoms with Gasteiger partial charge in [-0.1, -0.05) is 13.8 Å². The summed E-state index contributed by atoms with van der Waals surface area (Å²) in [6.45, 7) is 6.64. The van der Waals surface area contributed by atoms with E-state index in [1.165, 1.54) is 20.3 Å². The molecule has 260 valence electrons. The summed E-state index contributed by atoms with van der Waals surface area (Å²) in [5.74, 6) is -2.06. The van der Waals surface area contributed by atoms with Crippen LogP contribution in [0.1, 0.15) is 45.7 Å². The molecule has 0 atom stereocenters. The molecular weight excluding hydrogens is 640 g/mol. The highest BCUT2D eigenvalue weighted by molar-refractivity contribution is 5.77. The van der Waals surface area contributed by atoms with Crippen molar-refractivity contribution in [3.8, 4) is 0 Å². The number of rotatable bonds is 10. The maximum Gasteiger partial charge on any atom is 0.337 e. The lowest BCUT2D eigenvalue weighted by Gasteiger charge is -2.20. The van der Waals surface area contributed by atoms with Crippen molar-refractivity contribution in [2.45, 2.75) is 79.6 Å². The van der Waals surface area contributed by atoms with Gasteiger partial charge in [0.15, 0.2) is 0 Å². The van der Waals surface area contributed by atoms with Crippen molar-refractivity contribution in [3.05, 3.63) is 85.8 Å². The molecule has 0 saturated heterocycles. The van der Waals surface area contributed by atoms with E-state index in [1.54, 1.807) is 34.6 Å². The number of ether oxygens (including phenoxy) is 3. The van der Waals surface area contributed by atoms with Gasteiger partial charge in [-0.2, -0.15) is 0 Å². The standard InChI is InChI=1S/C17H22N2O7.C13H14N2O7/c1-6-10-7-11(20)25-15-13(10)14(22)18(16(23)19(15)9-24-5)8-12(21)26-17(2,3)4;1-3-7-4-9(18)22-12-10(7)11(19)14(5-8(16)17)13(20)15(12)6-21-2/h7H,6,8-9H2,1-5H3;4H,3,5-6H2,1-2H3,(H,16,17). The fourth-order valence-electron chi connectivity index (χ4n) is 4.76. The Morgan fingerprint density at radius 1 is 0.708 bits per heavy atom. The quantitative estimate of drug-likeness (QED) is 0.218. The Labute approximate surface area is 269 Å². The van der Waals surface area contributed by atoms with E-state index in [9.17, 15) is 38.4 Å². The number of methoxy groups -OCH3 is 2. The summed E-state index contributed by atoms with van der Waals surface area (Å²) >= 11 is 0. The zero-order valence-electron chi connectivity index (χ0n) is 27.4. The molecule has 0 aliphatic rings. The van der Waals surface area contributed by atoms with Crippen molar-refractivity contribution in [2.24, 2.45) is 0 Å². The summed E-state index contributed by atoms with van der Waals surface area (Å²) in [7, 11) is 2.66. The molecule has 0 aromatic carbocycles. The molecule has 0 fully saturated rings. The summed E-state index contributed by atoms with van der Waals surface area (Å²) in [4.78, 5) is 96.5. The topological polar surface area (TPSA) is 230 Å². The molecule has 4 rings (SSSR count). The van der Waals surface area contributed by atoms with E-state index in [1.807, 2.05) is 0 Å². The first-order valence-electron chi connectivity index (χ1n) is 14.5. The van der Waals surface area contributed by atoms with Gasteiger partial charge in [0.05, 0.1) is 0 Å². The third kappa shape index (κ3) is 7.95. The zero-order valence-corrected chi connectivity index (χ0v) is 27.4. The fraction of sp³-hybridized carbons (Fsp3) is 0.467. The highest BCUT2D eigenvalue weighted by atomic mass is 16.6. The lowest BCUT2D eigenvalue weighted by Crippen LogP contribution is -2.43. The normalized spacial score (nSPS) is 11.4. The Kier molecular flexibility index (Phi) is 11.6. The summed E-state index contributed by atoms with van der Waals surface area (Å²) in [6, 6.07) is 2.35. The Balaban J connectivity index is 0.000000264. The number of carbonyl (C=O) groups excluding carboxylic acids is 1. The Morgan fingerprint density at radius 2 is 1.10 bits per heavy atom.